The third kappa shape index (κ3) is 4.32. The number of amides is 1. The Bertz CT molecular complexity index is 767. The van der Waals surface area contributed by atoms with E-state index in [9.17, 15) is 18.0 Å². The Morgan fingerprint density at radius 3 is 2.23 bits per heavy atom. The van der Waals surface area contributed by atoms with Gasteiger partial charge in [-0.25, -0.2) is 13.1 Å². The van der Waals surface area contributed by atoms with Gasteiger partial charge in [0.05, 0.1) is 5.25 Å². The molecule has 26 heavy (non-hydrogen) atoms. The van der Waals surface area contributed by atoms with Crippen LogP contribution in [0.15, 0.2) is 24.3 Å². The van der Waals surface area contributed by atoms with E-state index in [1.165, 1.54) is 6.92 Å². The lowest BCUT2D eigenvalue weighted by Crippen LogP contribution is -2.49. The van der Waals surface area contributed by atoms with E-state index in [1.54, 1.807) is 29.2 Å². The van der Waals surface area contributed by atoms with Crippen molar-refractivity contribution in [1.29, 1.82) is 0 Å². The highest BCUT2D eigenvalue weighted by atomic mass is 32.2. The standard InChI is InChI=1S/C19H26N2O4S/c1-14(22)15-8-10-16(11-9-15)19(23)21-12-4-7-18(13-21)26(24,25)20-17-5-2-3-6-17/h8-11,17-18,20H,2-7,12-13H2,1H3. The van der Waals surface area contributed by atoms with Crippen LogP contribution in [0.5, 0.6) is 0 Å². The van der Waals surface area contributed by atoms with Crippen LogP contribution in [0.1, 0.15) is 66.2 Å². The number of rotatable bonds is 5. The van der Waals surface area contributed by atoms with E-state index in [1.807, 2.05) is 0 Å². The first-order valence-electron chi connectivity index (χ1n) is 9.28. The van der Waals surface area contributed by atoms with Crippen molar-refractivity contribution in [3.63, 3.8) is 0 Å². The zero-order valence-corrected chi connectivity index (χ0v) is 15.9. The van der Waals surface area contributed by atoms with Crippen LogP contribution < -0.4 is 4.72 Å². The maximum absolute atomic E-state index is 12.7. The number of ketones is 1. The van der Waals surface area contributed by atoms with Crippen LogP contribution in [0.3, 0.4) is 0 Å². The van der Waals surface area contributed by atoms with E-state index in [4.69, 9.17) is 0 Å². The van der Waals surface area contributed by atoms with Gasteiger partial charge in [-0.2, -0.15) is 0 Å². The molecule has 6 nitrogen and oxygen atoms in total. The Balaban J connectivity index is 1.67. The second-order valence-corrected chi connectivity index (χ2v) is 9.29. The van der Waals surface area contributed by atoms with Crippen LogP contribution >= 0.6 is 0 Å². The molecular weight excluding hydrogens is 352 g/mol. The number of benzene rings is 1. The second kappa shape index (κ2) is 7.88. The number of likely N-dealkylation sites (tertiary alicyclic amines) is 1. The fraction of sp³-hybridized carbons (Fsp3) is 0.579. The van der Waals surface area contributed by atoms with Crippen molar-refractivity contribution in [2.75, 3.05) is 13.1 Å². The molecule has 0 radical (unpaired) electrons. The quantitative estimate of drug-likeness (QED) is 0.797. The maximum atomic E-state index is 12.7. The molecule has 1 saturated carbocycles. The van der Waals surface area contributed by atoms with E-state index < -0.39 is 15.3 Å². The molecule has 0 bridgehead atoms. The van der Waals surface area contributed by atoms with Crippen molar-refractivity contribution in [2.45, 2.75) is 56.7 Å². The Morgan fingerprint density at radius 1 is 1.00 bits per heavy atom. The van der Waals surface area contributed by atoms with E-state index in [0.29, 0.717) is 30.5 Å². The lowest BCUT2D eigenvalue weighted by molar-refractivity contribution is 0.0726. The molecule has 0 aromatic heterocycles. The van der Waals surface area contributed by atoms with Gasteiger partial charge in [-0.15, -0.1) is 0 Å². The van der Waals surface area contributed by atoms with Gasteiger partial charge in [-0.05, 0) is 44.7 Å². The fourth-order valence-corrected chi connectivity index (χ4v) is 5.52. The molecule has 1 amide bonds. The van der Waals surface area contributed by atoms with Gasteiger partial charge in [0.15, 0.2) is 5.78 Å². The summed E-state index contributed by atoms with van der Waals surface area (Å²) in [6, 6.07) is 6.58. The van der Waals surface area contributed by atoms with Crippen LogP contribution in [0.4, 0.5) is 0 Å². The molecule has 1 aromatic rings. The number of hydrogen-bond acceptors (Lipinski definition) is 4. The number of sulfonamides is 1. The third-order valence-electron chi connectivity index (χ3n) is 5.33. The number of nitrogens with zero attached hydrogens (tertiary/aromatic N) is 1. The summed E-state index contributed by atoms with van der Waals surface area (Å²) in [4.78, 5) is 25.7. The number of carbonyl (C=O) groups excluding carboxylic acids is 2. The van der Waals surface area contributed by atoms with Gasteiger partial charge in [0, 0.05) is 30.3 Å². The summed E-state index contributed by atoms with van der Waals surface area (Å²) in [6.07, 6.45) is 5.19. The minimum absolute atomic E-state index is 0.0465. The van der Waals surface area contributed by atoms with Crippen LogP contribution in [0, 0.1) is 0 Å². The number of carbonyl (C=O) groups is 2. The molecule has 7 heteroatoms. The van der Waals surface area contributed by atoms with E-state index in [2.05, 4.69) is 4.72 Å². The minimum Gasteiger partial charge on any atom is -0.337 e. The van der Waals surface area contributed by atoms with Gasteiger partial charge in [0.1, 0.15) is 0 Å². The normalized spacial score (nSPS) is 21.7. The van der Waals surface area contributed by atoms with E-state index in [-0.39, 0.29) is 24.3 Å². The topological polar surface area (TPSA) is 83.6 Å². The highest BCUT2D eigenvalue weighted by Crippen LogP contribution is 2.23. The summed E-state index contributed by atoms with van der Waals surface area (Å²) in [5.41, 5.74) is 1.04. The summed E-state index contributed by atoms with van der Waals surface area (Å²) < 4.78 is 28.2. The Labute approximate surface area is 155 Å². The first-order valence-corrected chi connectivity index (χ1v) is 10.8. The Kier molecular flexibility index (Phi) is 5.77. The van der Waals surface area contributed by atoms with E-state index in [0.717, 1.165) is 25.7 Å². The number of nitrogens with one attached hydrogen (secondary N) is 1. The predicted octanol–water partition coefficient (Wildman–Crippen LogP) is 2.36. The molecule has 2 fully saturated rings. The van der Waals surface area contributed by atoms with Crippen molar-refractivity contribution in [3.8, 4) is 0 Å². The van der Waals surface area contributed by atoms with Crippen molar-refractivity contribution in [1.82, 2.24) is 9.62 Å². The molecule has 1 aliphatic heterocycles. The van der Waals surface area contributed by atoms with Crippen molar-refractivity contribution < 1.29 is 18.0 Å². The van der Waals surface area contributed by atoms with Gasteiger partial charge in [0.25, 0.3) is 5.91 Å². The number of Topliss-reactive ketones (excluding diaryl/α,β-unsaturated/α-hetero) is 1. The summed E-state index contributed by atoms with van der Waals surface area (Å²) >= 11 is 0. The number of hydrogen-bond donors (Lipinski definition) is 1. The molecular formula is C19H26N2O4S. The van der Waals surface area contributed by atoms with Crippen molar-refractivity contribution in [3.05, 3.63) is 35.4 Å². The van der Waals surface area contributed by atoms with Gasteiger partial charge < -0.3 is 4.90 Å². The van der Waals surface area contributed by atoms with Gasteiger partial charge in [-0.1, -0.05) is 25.0 Å². The van der Waals surface area contributed by atoms with Crippen LogP contribution in [0.2, 0.25) is 0 Å². The average molecular weight is 378 g/mol. The van der Waals surface area contributed by atoms with Crippen molar-refractivity contribution >= 4 is 21.7 Å². The fourth-order valence-electron chi connectivity index (χ4n) is 3.78. The molecule has 1 atom stereocenters. The van der Waals surface area contributed by atoms with Gasteiger partial charge >= 0.3 is 0 Å². The molecule has 0 spiro atoms. The Hall–Kier alpha value is -1.73. The largest absolute Gasteiger partial charge is 0.337 e. The highest BCUT2D eigenvalue weighted by molar-refractivity contribution is 7.90. The molecule has 3 rings (SSSR count). The zero-order chi connectivity index (χ0) is 18.7. The highest BCUT2D eigenvalue weighted by Gasteiger charge is 2.34. The number of piperidine rings is 1. The zero-order valence-electron chi connectivity index (χ0n) is 15.1. The smallest absolute Gasteiger partial charge is 0.253 e. The monoisotopic (exact) mass is 378 g/mol. The molecule has 1 aliphatic carbocycles. The van der Waals surface area contributed by atoms with Crippen molar-refractivity contribution in [2.24, 2.45) is 0 Å². The van der Waals surface area contributed by atoms with Gasteiger partial charge in [-0.3, -0.25) is 9.59 Å². The van der Waals surface area contributed by atoms with Crippen LogP contribution in [-0.4, -0.2) is 49.4 Å². The first-order chi connectivity index (χ1) is 12.4. The van der Waals surface area contributed by atoms with Crippen LogP contribution in [-0.2, 0) is 10.0 Å². The molecule has 2 aliphatic rings. The molecule has 1 saturated heterocycles. The summed E-state index contributed by atoms with van der Waals surface area (Å²) in [6.45, 7) is 2.26. The Morgan fingerprint density at radius 2 is 1.62 bits per heavy atom. The average Bonchev–Trinajstić information content (AvgIpc) is 3.13. The maximum Gasteiger partial charge on any atom is 0.253 e. The first kappa shape index (κ1) is 19.0. The van der Waals surface area contributed by atoms with Crippen LogP contribution in [0.25, 0.3) is 0 Å². The van der Waals surface area contributed by atoms with Gasteiger partial charge in [0.2, 0.25) is 10.0 Å². The summed E-state index contributed by atoms with van der Waals surface area (Å²) in [7, 11) is -3.42. The molecule has 1 unspecified atom stereocenters. The molecule has 1 N–H and O–H groups in total. The summed E-state index contributed by atoms with van der Waals surface area (Å²) in [5, 5.41) is -0.558. The SMILES string of the molecule is CC(=O)c1ccc(C(=O)N2CCCC(S(=O)(=O)NC3CCCC3)C2)cc1. The lowest BCUT2D eigenvalue weighted by atomic mass is 10.1. The third-order valence-corrected chi connectivity index (χ3v) is 7.25. The summed E-state index contributed by atoms with van der Waals surface area (Å²) in [5.74, 6) is -0.230. The second-order valence-electron chi connectivity index (χ2n) is 7.29. The molecule has 1 aromatic carbocycles. The minimum atomic E-state index is -3.42. The predicted molar refractivity (Wildman–Crippen MR) is 99.7 cm³/mol. The molecule has 142 valence electrons. The molecule has 1 heterocycles. The van der Waals surface area contributed by atoms with E-state index >= 15 is 0 Å². The lowest BCUT2D eigenvalue weighted by Gasteiger charge is -2.33.